The molecule has 1 saturated heterocycles. The lowest BCUT2D eigenvalue weighted by molar-refractivity contribution is -0.0556. The summed E-state index contributed by atoms with van der Waals surface area (Å²) in [5.74, 6) is 0.240. The summed E-state index contributed by atoms with van der Waals surface area (Å²) in [5.41, 5.74) is 0.306. The number of nitrogens with zero attached hydrogens (tertiary/aromatic N) is 1. The first-order valence-corrected chi connectivity index (χ1v) is 9.56. The fourth-order valence-corrected chi connectivity index (χ4v) is 2.89. The average molecular weight is 371 g/mol. The normalized spacial score (nSPS) is 17.1. The van der Waals surface area contributed by atoms with Gasteiger partial charge in [0.25, 0.3) is 10.1 Å². The minimum atomic E-state index is -4.18. The summed E-state index contributed by atoms with van der Waals surface area (Å²) in [6, 6.07) is 5.88. The van der Waals surface area contributed by atoms with Crippen molar-refractivity contribution in [1.82, 2.24) is 4.90 Å². The van der Waals surface area contributed by atoms with E-state index in [-0.39, 0.29) is 23.0 Å². The molecule has 1 heterocycles. The topological polar surface area (TPSA) is 93.1 Å². The summed E-state index contributed by atoms with van der Waals surface area (Å²) in [7, 11) is -4.18. The van der Waals surface area contributed by atoms with Gasteiger partial charge in [0.15, 0.2) is 0 Å². The molecule has 1 fully saturated rings. The number of ether oxygens (including phenoxy) is 2. The number of rotatable bonds is 5. The molecule has 140 valence electrons. The molecule has 1 aromatic rings. The van der Waals surface area contributed by atoms with Crippen molar-refractivity contribution in [2.45, 2.75) is 50.9 Å². The zero-order valence-corrected chi connectivity index (χ0v) is 15.7. The smallest absolute Gasteiger partial charge is 0.410 e. The SMILES string of the molecule is CC(OCc1ccc(S(=O)(=O)O)cc1)C1CN(C(=O)OC(C)(C)C)C1. The van der Waals surface area contributed by atoms with Crippen LogP contribution in [-0.2, 0) is 26.2 Å². The monoisotopic (exact) mass is 371 g/mol. The summed E-state index contributed by atoms with van der Waals surface area (Å²) in [6.45, 7) is 8.97. The van der Waals surface area contributed by atoms with Crippen LogP contribution < -0.4 is 0 Å². The molecule has 2 rings (SSSR count). The van der Waals surface area contributed by atoms with Crippen molar-refractivity contribution in [2.75, 3.05) is 13.1 Å². The highest BCUT2D eigenvalue weighted by Gasteiger charge is 2.37. The van der Waals surface area contributed by atoms with Crippen molar-refractivity contribution in [3.8, 4) is 0 Å². The third kappa shape index (κ3) is 5.69. The third-order valence-electron chi connectivity index (χ3n) is 3.96. The standard InChI is InChI=1S/C17H25NO6S/c1-12(14-9-18(10-14)16(19)24-17(2,3)4)23-11-13-5-7-15(8-6-13)25(20,21)22/h5-8,12,14H,9-11H2,1-4H3,(H,20,21,22). The van der Waals surface area contributed by atoms with E-state index in [1.165, 1.54) is 12.1 Å². The molecular formula is C17H25NO6S. The lowest BCUT2D eigenvalue weighted by atomic mass is 9.95. The Hall–Kier alpha value is -1.64. The van der Waals surface area contributed by atoms with E-state index in [1.54, 1.807) is 17.0 Å². The van der Waals surface area contributed by atoms with Gasteiger partial charge >= 0.3 is 6.09 Å². The van der Waals surface area contributed by atoms with Crippen molar-refractivity contribution in [2.24, 2.45) is 5.92 Å². The van der Waals surface area contributed by atoms with Crippen LogP contribution >= 0.6 is 0 Å². The first kappa shape index (κ1) is 19.7. The van der Waals surface area contributed by atoms with Crippen LogP contribution in [0.15, 0.2) is 29.2 Å². The second-order valence-corrected chi connectivity index (χ2v) is 8.70. The number of benzene rings is 1. The van der Waals surface area contributed by atoms with E-state index >= 15 is 0 Å². The van der Waals surface area contributed by atoms with Crippen LogP contribution in [0.25, 0.3) is 0 Å². The molecule has 0 spiro atoms. The Morgan fingerprint density at radius 2 is 1.84 bits per heavy atom. The second-order valence-electron chi connectivity index (χ2n) is 7.28. The van der Waals surface area contributed by atoms with Crippen LogP contribution in [0.2, 0.25) is 0 Å². The Balaban J connectivity index is 1.77. The zero-order chi connectivity index (χ0) is 18.8. The Morgan fingerprint density at radius 3 is 2.32 bits per heavy atom. The van der Waals surface area contributed by atoms with Gasteiger partial charge in [-0.1, -0.05) is 12.1 Å². The van der Waals surface area contributed by atoms with Gasteiger partial charge in [-0.2, -0.15) is 8.42 Å². The number of amides is 1. The molecule has 0 radical (unpaired) electrons. The molecule has 0 bridgehead atoms. The highest BCUT2D eigenvalue weighted by Crippen LogP contribution is 2.24. The fraction of sp³-hybridized carbons (Fsp3) is 0.588. The first-order chi connectivity index (χ1) is 11.5. The molecule has 0 aromatic heterocycles. The summed E-state index contributed by atoms with van der Waals surface area (Å²) >= 11 is 0. The summed E-state index contributed by atoms with van der Waals surface area (Å²) in [5, 5.41) is 0. The van der Waals surface area contributed by atoms with Crippen molar-refractivity contribution >= 4 is 16.2 Å². The molecule has 1 atom stereocenters. The lowest BCUT2D eigenvalue weighted by Gasteiger charge is -2.42. The zero-order valence-electron chi connectivity index (χ0n) is 14.9. The first-order valence-electron chi connectivity index (χ1n) is 8.11. The Labute approximate surface area is 148 Å². The Bertz CT molecular complexity index is 702. The minimum absolute atomic E-state index is 0.0417. The quantitative estimate of drug-likeness (QED) is 0.800. The molecule has 7 nitrogen and oxygen atoms in total. The fourth-order valence-electron chi connectivity index (χ4n) is 2.41. The average Bonchev–Trinajstić information content (AvgIpc) is 2.41. The van der Waals surface area contributed by atoms with E-state index in [4.69, 9.17) is 14.0 Å². The van der Waals surface area contributed by atoms with E-state index in [2.05, 4.69) is 0 Å². The van der Waals surface area contributed by atoms with Crippen molar-refractivity contribution in [3.63, 3.8) is 0 Å². The van der Waals surface area contributed by atoms with Gasteiger partial charge in [-0.25, -0.2) is 4.79 Å². The maximum atomic E-state index is 11.9. The van der Waals surface area contributed by atoms with Crippen molar-refractivity contribution in [1.29, 1.82) is 0 Å². The summed E-state index contributed by atoms with van der Waals surface area (Å²) < 4.78 is 42.1. The van der Waals surface area contributed by atoms with E-state index < -0.39 is 15.7 Å². The maximum absolute atomic E-state index is 11.9. The molecule has 1 aromatic carbocycles. The number of likely N-dealkylation sites (tertiary alicyclic amines) is 1. The largest absolute Gasteiger partial charge is 0.444 e. The molecule has 1 aliphatic heterocycles. The van der Waals surface area contributed by atoms with Crippen LogP contribution in [-0.4, -0.2) is 48.8 Å². The maximum Gasteiger partial charge on any atom is 0.410 e. The molecular weight excluding hydrogens is 346 g/mol. The van der Waals surface area contributed by atoms with Gasteiger partial charge in [0, 0.05) is 19.0 Å². The molecule has 25 heavy (non-hydrogen) atoms. The predicted octanol–water partition coefficient (Wildman–Crippen LogP) is 2.71. The number of carbonyl (C=O) groups is 1. The van der Waals surface area contributed by atoms with Gasteiger partial charge in [-0.05, 0) is 45.4 Å². The van der Waals surface area contributed by atoms with Crippen molar-refractivity contribution < 1.29 is 27.2 Å². The molecule has 1 amide bonds. The Morgan fingerprint density at radius 1 is 1.28 bits per heavy atom. The van der Waals surface area contributed by atoms with Gasteiger partial charge in [-0.3, -0.25) is 4.55 Å². The Kier molecular flexibility index (Phi) is 5.75. The predicted molar refractivity (Wildman–Crippen MR) is 91.8 cm³/mol. The summed E-state index contributed by atoms with van der Waals surface area (Å²) in [4.78, 5) is 13.4. The van der Waals surface area contributed by atoms with Crippen molar-refractivity contribution in [3.05, 3.63) is 29.8 Å². The van der Waals surface area contributed by atoms with E-state index in [0.29, 0.717) is 19.7 Å². The van der Waals surface area contributed by atoms with Gasteiger partial charge in [0.2, 0.25) is 0 Å². The van der Waals surface area contributed by atoms with E-state index in [0.717, 1.165) is 5.56 Å². The third-order valence-corrected chi connectivity index (χ3v) is 4.83. The van der Waals surface area contributed by atoms with Gasteiger partial charge in [-0.15, -0.1) is 0 Å². The van der Waals surface area contributed by atoms with Gasteiger partial charge < -0.3 is 14.4 Å². The van der Waals surface area contributed by atoms with Gasteiger partial charge in [0.1, 0.15) is 5.60 Å². The van der Waals surface area contributed by atoms with Gasteiger partial charge in [0.05, 0.1) is 17.6 Å². The lowest BCUT2D eigenvalue weighted by Crippen LogP contribution is -2.55. The highest BCUT2D eigenvalue weighted by molar-refractivity contribution is 7.85. The van der Waals surface area contributed by atoms with Crippen LogP contribution in [0.5, 0.6) is 0 Å². The number of carbonyl (C=O) groups excluding carboxylic acids is 1. The number of hydrogen-bond acceptors (Lipinski definition) is 5. The minimum Gasteiger partial charge on any atom is -0.444 e. The van der Waals surface area contributed by atoms with E-state index in [1.807, 2.05) is 27.7 Å². The molecule has 1 aliphatic rings. The van der Waals surface area contributed by atoms with Crippen LogP contribution in [0.3, 0.4) is 0 Å². The second kappa shape index (κ2) is 7.31. The van der Waals surface area contributed by atoms with Crippen LogP contribution in [0.1, 0.15) is 33.3 Å². The molecule has 8 heteroatoms. The van der Waals surface area contributed by atoms with E-state index in [9.17, 15) is 13.2 Å². The molecule has 1 N–H and O–H groups in total. The molecule has 0 aliphatic carbocycles. The summed E-state index contributed by atoms with van der Waals surface area (Å²) in [6.07, 6.45) is -0.350. The van der Waals surface area contributed by atoms with Crippen LogP contribution in [0, 0.1) is 5.92 Å². The molecule has 0 saturated carbocycles. The highest BCUT2D eigenvalue weighted by atomic mass is 32.2. The molecule has 1 unspecified atom stereocenters. The van der Waals surface area contributed by atoms with Crippen LogP contribution in [0.4, 0.5) is 4.79 Å². The number of hydrogen-bond donors (Lipinski definition) is 1.